The summed E-state index contributed by atoms with van der Waals surface area (Å²) in [6.45, 7) is 5.57. The molecule has 0 bridgehead atoms. The third-order valence-electron chi connectivity index (χ3n) is 4.09. The smallest absolute Gasteiger partial charge is 0.279 e. The van der Waals surface area contributed by atoms with Crippen molar-refractivity contribution in [3.63, 3.8) is 0 Å². The van der Waals surface area contributed by atoms with E-state index in [1.807, 2.05) is 56.3 Å². The number of nitrogens with one attached hydrogen (secondary N) is 2. The highest BCUT2D eigenvalue weighted by Crippen LogP contribution is 2.15. The van der Waals surface area contributed by atoms with Crippen molar-refractivity contribution in [2.45, 2.75) is 26.9 Å². The van der Waals surface area contributed by atoms with Crippen molar-refractivity contribution in [1.29, 1.82) is 0 Å². The molecule has 0 atom stereocenters. The van der Waals surface area contributed by atoms with Gasteiger partial charge in [0.1, 0.15) is 13.1 Å². The van der Waals surface area contributed by atoms with E-state index in [9.17, 15) is 4.79 Å². The lowest BCUT2D eigenvalue weighted by molar-refractivity contribution is -0.921. The first-order valence-electron chi connectivity index (χ1n) is 8.35. The van der Waals surface area contributed by atoms with Crippen LogP contribution < -0.4 is 10.2 Å². The minimum Gasteiger partial charge on any atom is -0.463 e. The van der Waals surface area contributed by atoms with E-state index in [0.717, 1.165) is 33.2 Å². The van der Waals surface area contributed by atoms with Crippen LogP contribution in [0.4, 0.5) is 5.69 Å². The lowest BCUT2D eigenvalue weighted by atomic mass is 10.1. The maximum atomic E-state index is 12.6. The van der Waals surface area contributed by atoms with Crippen molar-refractivity contribution >= 4 is 11.6 Å². The Balaban J connectivity index is 1.67. The van der Waals surface area contributed by atoms with Gasteiger partial charge in [0.05, 0.1) is 12.5 Å². The average Bonchev–Trinajstić information content (AvgIpc) is 3.25. The molecule has 3 rings (SSSR count). The molecule has 0 fully saturated rings. The number of carbonyl (C=O) groups excluding carboxylic acids is 1. The van der Waals surface area contributed by atoms with E-state index in [4.69, 9.17) is 8.83 Å². The molecule has 0 saturated heterocycles. The normalized spacial score (nSPS) is 11.0. The summed E-state index contributed by atoms with van der Waals surface area (Å²) >= 11 is 0. The Labute approximate surface area is 147 Å². The van der Waals surface area contributed by atoms with E-state index < -0.39 is 0 Å². The Morgan fingerprint density at radius 3 is 2.20 bits per heavy atom. The summed E-state index contributed by atoms with van der Waals surface area (Å²) in [7, 11) is 0. The molecule has 0 aliphatic rings. The van der Waals surface area contributed by atoms with Gasteiger partial charge in [0.15, 0.2) is 18.1 Å². The highest BCUT2D eigenvalue weighted by Gasteiger charge is 2.18. The van der Waals surface area contributed by atoms with Crippen molar-refractivity contribution in [3.8, 4) is 0 Å². The van der Waals surface area contributed by atoms with Gasteiger partial charge in [0.25, 0.3) is 5.91 Å². The van der Waals surface area contributed by atoms with Crippen LogP contribution in [0.5, 0.6) is 0 Å². The molecule has 2 heterocycles. The van der Waals surface area contributed by atoms with Crippen LogP contribution in [0.3, 0.4) is 0 Å². The molecule has 5 heteroatoms. The Bertz CT molecular complexity index is 771. The fourth-order valence-corrected chi connectivity index (χ4v) is 2.80. The molecule has 2 N–H and O–H groups in total. The molecular formula is C20H23N2O3+. The second kappa shape index (κ2) is 7.85. The fourth-order valence-electron chi connectivity index (χ4n) is 2.80. The first-order valence-corrected chi connectivity index (χ1v) is 8.35. The van der Waals surface area contributed by atoms with Crippen LogP contribution in [-0.4, -0.2) is 12.5 Å². The maximum absolute atomic E-state index is 12.6. The molecule has 0 spiro atoms. The summed E-state index contributed by atoms with van der Waals surface area (Å²) in [6, 6.07) is 13.6. The molecule has 25 heavy (non-hydrogen) atoms. The predicted octanol–water partition coefficient (Wildman–Crippen LogP) is 2.71. The van der Waals surface area contributed by atoms with E-state index in [0.29, 0.717) is 19.6 Å². The van der Waals surface area contributed by atoms with E-state index >= 15 is 0 Å². The monoisotopic (exact) mass is 339 g/mol. The number of rotatable bonds is 7. The average molecular weight is 339 g/mol. The summed E-state index contributed by atoms with van der Waals surface area (Å²) < 4.78 is 10.9. The molecule has 5 nitrogen and oxygen atoms in total. The number of furan rings is 2. The molecule has 0 saturated carbocycles. The topological polar surface area (TPSA) is 59.8 Å². The summed E-state index contributed by atoms with van der Waals surface area (Å²) in [6.07, 6.45) is 3.30. The van der Waals surface area contributed by atoms with Crippen LogP contribution in [0.15, 0.2) is 63.8 Å². The third kappa shape index (κ3) is 4.84. The second-order valence-corrected chi connectivity index (χ2v) is 6.31. The quantitative estimate of drug-likeness (QED) is 0.696. The zero-order chi connectivity index (χ0) is 17.6. The number of carbonyl (C=O) groups is 1. The number of aryl methyl sites for hydroxylation is 2. The van der Waals surface area contributed by atoms with Gasteiger partial charge in [-0.3, -0.25) is 4.79 Å². The van der Waals surface area contributed by atoms with E-state index in [1.165, 1.54) is 0 Å². The standard InChI is InChI=1S/C20H22N2O3/c1-15-7-8-16(2)19(11-15)21-20(23)14-22(12-17-5-3-9-24-17)13-18-6-4-10-25-18/h3-11H,12-14H2,1-2H3,(H,21,23)/p+1. The number of benzene rings is 1. The van der Waals surface area contributed by atoms with Crippen LogP contribution in [0.2, 0.25) is 0 Å². The largest absolute Gasteiger partial charge is 0.463 e. The van der Waals surface area contributed by atoms with Crippen LogP contribution in [-0.2, 0) is 17.9 Å². The number of hydrogen-bond donors (Lipinski definition) is 2. The Morgan fingerprint density at radius 2 is 1.64 bits per heavy atom. The molecule has 0 unspecified atom stereocenters. The SMILES string of the molecule is Cc1ccc(C)c(NC(=O)C[NH+](Cc2ccco2)Cc2ccco2)c1. The molecule has 0 aliphatic carbocycles. The van der Waals surface area contributed by atoms with Crippen molar-refractivity contribution in [1.82, 2.24) is 0 Å². The van der Waals surface area contributed by atoms with Gasteiger partial charge < -0.3 is 19.1 Å². The van der Waals surface area contributed by atoms with Gasteiger partial charge in [-0.05, 0) is 55.3 Å². The maximum Gasteiger partial charge on any atom is 0.279 e. The lowest BCUT2D eigenvalue weighted by Crippen LogP contribution is -3.10. The third-order valence-corrected chi connectivity index (χ3v) is 4.09. The van der Waals surface area contributed by atoms with Gasteiger partial charge in [-0.1, -0.05) is 12.1 Å². The summed E-state index contributed by atoms with van der Waals surface area (Å²) in [5, 5.41) is 3.02. The van der Waals surface area contributed by atoms with Gasteiger partial charge in [-0.25, -0.2) is 0 Å². The van der Waals surface area contributed by atoms with E-state index in [-0.39, 0.29) is 5.91 Å². The summed E-state index contributed by atoms with van der Waals surface area (Å²) in [5.41, 5.74) is 3.04. The molecule has 3 aromatic rings. The fraction of sp³-hybridized carbons (Fsp3) is 0.250. The van der Waals surface area contributed by atoms with Crippen molar-refractivity contribution < 1.29 is 18.5 Å². The first-order chi connectivity index (χ1) is 12.1. The van der Waals surface area contributed by atoms with Gasteiger partial charge in [0.2, 0.25) is 0 Å². The number of anilines is 1. The lowest BCUT2D eigenvalue weighted by Gasteiger charge is -2.17. The Morgan fingerprint density at radius 1 is 1.00 bits per heavy atom. The number of amides is 1. The van der Waals surface area contributed by atoms with Crippen LogP contribution >= 0.6 is 0 Å². The van der Waals surface area contributed by atoms with Crippen molar-refractivity contribution in [2.75, 3.05) is 11.9 Å². The molecule has 0 radical (unpaired) electrons. The number of hydrogen-bond acceptors (Lipinski definition) is 3. The van der Waals surface area contributed by atoms with Gasteiger partial charge >= 0.3 is 0 Å². The Kier molecular flexibility index (Phi) is 5.36. The van der Waals surface area contributed by atoms with Gasteiger partial charge in [-0.2, -0.15) is 0 Å². The highest BCUT2D eigenvalue weighted by atomic mass is 16.3. The minimum atomic E-state index is -0.0261. The van der Waals surface area contributed by atoms with Gasteiger partial charge in [0, 0.05) is 5.69 Å². The van der Waals surface area contributed by atoms with Crippen LogP contribution in [0, 0.1) is 13.8 Å². The molecule has 1 amide bonds. The second-order valence-electron chi connectivity index (χ2n) is 6.31. The molecule has 130 valence electrons. The van der Waals surface area contributed by atoms with Crippen molar-refractivity contribution in [2.24, 2.45) is 0 Å². The molecule has 0 aliphatic heterocycles. The summed E-state index contributed by atoms with van der Waals surface area (Å²) in [4.78, 5) is 13.6. The van der Waals surface area contributed by atoms with E-state index in [1.54, 1.807) is 12.5 Å². The van der Waals surface area contributed by atoms with E-state index in [2.05, 4.69) is 5.32 Å². The molecular weight excluding hydrogens is 316 g/mol. The van der Waals surface area contributed by atoms with Crippen LogP contribution in [0.1, 0.15) is 22.6 Å². The minimum absolute atomic E-state index is 0.0261. The van der Waals surface area contributed by atoms with Gasteiger partial charge in [-0.15, -0.1) is 0 Å². The Hall–Kier alpha value is -2.79. The predicted molar refractivity (Wildman–Crippen MR) is 95.2 cm³/mol. The number of quaternary nitrogens is 1. The summed E-state index contributed by atoms with van der Waals surface area (Å²) in [5.74, 6) is 1.67. The zero-order valence-electron chi connectivity index (χ0n) is 14.5. The molecule has 1 aromatic carbocycles. The zero-order valence-corrected chi connectivity index (χ0v) is 14.5. The molecule has 2 aromatic heterocycles. The van der Waals surface area contributed by atoms with Crippen LogP contribution in [0.25, 0.3) is 0 Å². The first kappa shape index (κ1) is 17.0. The highest BCUT2D eigenvalue weighted by molar-refractivity contribution is 5.92. The van der Waals surface area contributed by atoms with Crippen molar-refractivity contribution in [3.05, 3.63) is 77.6 Å².